The molecule has 0 spiro atoms. The predicted octanol–water partition coefficient (Wildman–Crippen LogP) is 32.6. The van der Waals surface area contributed by atoms with Crippen LogP contribution in [0.2, 0.25) is 0 Å². The molecule has 134 heavy (non-hydrogen) atoms. The number of fused-ring (bicyclic) bond motifs is 22. The summed E-state index contributed by atoms with van der Waals surface area (Å²) in [5.74, 6) is 0.585. The van der Waals surface area contributed by atoms with Gasteiger partial charge < -0.3 is 37.7 Å². The summed E-state index contributed by atoms with van der Waals surface area (Å²) < 4.78 is 15.7. The van der Waals surface area contributed by atoms with Gasteiger partial charge in [-0.05, 0) is 288 Å². The molecule has 0 saturated carbocycles. The smallest absolute Gasteiger partial charge is 0.537 e. The normalized spacial score (nSPS) is 13.8. The Labute approximate surface area is 790 Å². The maximum atomic E-state index is 9.12. The van der Waals surface area contributed by atoms with Crippen molar-refractivity contribution in [1.29, 1.82) is 0 Å². The molecular weight excluding hydrogens is 1700 g/mol. The summed E-state index contributed by atoms with van der Waals surface area (Å²) in [5, 5.41) is 16.6. The van der Waals surface area contributed by atoms with Crippen LogP contribution in [0.1, 0.15) is 99.9 Å². The first-order valence-corrected chi connectivity index (χ1v) is 47.1. The van der Waals surface area contributed by atoms with Crippen molar-refractivity contribution in [2.75, 3.05) is 9.80 Å². The van der Waals surface area contributed by atoms with Crippen molar-refractivity contribution >= 4 is 123 Å². The molecule has 643 valence electrons. The molecule has 0 amide bonds. The lowest BCUT2D eigenvalue weighted by Gasteiger charge is -2.30. The number of rotatable bonds is 13. The highest BCUT2D eigenvalue weighted by Crippen LogP contribution is 2.57. The summed E-state index contributed by atoms with van der Waals surface area (Å²) in [7, 11) is 0.716. The summed E-state index contributed by atoms with van der Waals surface area (Å²) in [4.78, 5) is 4.79. The van der Waals surface area contributed by atoms with E-state index >= 15 is 0 Å². The van der Waals surface area contributed by atoms with Crippen molar-refractivity contribution in [2.45, 2.75) is 77.0 Å². The highest BCUT2D eigenvalue weighted by molar-refractivity contribution is 9.10. The molecule has 0 unspecified atom stereocenters. The minimum Gasteiger partial charge on any atom is -0.537 e. The molecule has 1 radical (unpaired) electrons. The third-order valence-corrected chi connectivity index (χ3v) is 29.8. The third kappa shape index (κ3) is 13.0. The average Bonchev–Trinajstić information content (AvgIpc) is 1.56. The lowest BCUT2D eigenvalue weighted by Crippen LogP contribution is -2.18. The van der Waals surface area contributed by atoms with E-state index in [9.17, 15) is 0 Å². The van der Waals surface area contributed by atoms with E-state index in [1.165, 1.54) is 177 Å². The van der Waals surface area contributed by atoms with E-state index in [1.54, 1.807) is 0 Å². The van der Waals surface area contributed by atoms with Gasteiger partial charge in [0.2, 0.25) is 0 Å². The number of benzene rings is 18. The zero-order valence-corrected chi connectivity index (χ0v) is 77.5. The topological polar surface area (TPSA) is 55.7 Å². The van der Waals surface area contributed by atoms with Crippen LogP contribution in [0, 0.1) is 0 Å². The van der Waals surface area contributed by atoms with Gasteiger partial charge in [0.25, 0.3) is 0 Å². The number of hydrogen-bond acceptors (Lipinski definition) is 4. The van der Waals surface area contributed by atoms with Gasteiger partial charge in [0, 0.05) is 128 Å². The number of halogens is 1. The van der Waals surface area contributed by atoms with Crippen molar-refractivity contribution in [1.82, 2.24) is 18.3 Å². The van der Waals surface area contributed by atoms with Gasteiger partial charge >= 0.3 is 7.69 Å². The Balaban J connectivity index is 0.000000121. The average molecular weight is 1790 g/mol. The molecule has 0 saturated heterocycles. The Morgan fingerprint density at radius 3 is 0.910 bits per heavy atom. The van der Waals surface area contributed by atoms with E-state index < -0.39 is 0 Å². The molecule has 0 bridgehead atoms. The quantitative estimate of drug-likeness (QED) is 0.117. The Hall–Kier alpha value is -15.5. The van der Waals surface area contributed by atoms with Crippen LogP contribution in [0.15, 0.2) is 429 Å². The molecule has 0 fully saturated rings. The molecule has 4 aromatic heterocycles. The van der Waals surface area contributed by atoms with Gasteiger partial charge in [-0.3, -0.25) is 0 Å². The largest absolute Gasteiger partial charge is 0.569 e. The maximum Gasteiger partial charge on any atom is 0.569 e. The second-order valence-corrected chi connectivity index (χ2v) is 39.0. The van der Waals surface area contributed by atoms with Crippen LogP contribution >= 0.6 is 15.9 Å². The van der Waals surface area contributed by atoms with Gasteiger partial charge in [-0.25, -0.2) is 0 Å². The molecule has 4 aliphatic rings. The molecule has 4 heterocycles. The van der Waals surface area contributed by atoms with E-state index in [4.69, 9.17) is 9.68 Å². The minimum atomic E-state index is -0.112. The van der Waals surface area contributed by atoms with Crippen molar-refractivity contribution in [3.63, 3.8) is 0 Å². The fraction of sp³-hybridized carbons (Fsp3) is 0.0968. The predicted molar refractivity (Wildman–Crippen MR) is 563 cm³/mol. The molecule has 22 aromatic rings. The SMILES string of the molecule is Brc1ccc2c(c1)c1ccc3c(ccn3-c3ccccc3)c1n2-c1ccccc1.CC1(C)c2ccccc2-c2ccc(N(c3ccc(-c4ccc5c(c4)c4ccc6c(ccn6-c6ccccc6)c4n5-c4ccccc4)cc3)c3ccc4c(c3)C(C)(C)c3ccccc3-4)cc21.CC1(C)c2ccccc2-c2ccc(N(c3ccc(O[B]O)cc3)c3ccc4c(c3)C(C)(C)c3ccccc3-4)cc21. The minimum absolute atomic E-state index is 0.0934. The van der Waals surface area contributed by atoms with Crippen molar-refractivity contribution < 1.29 is 9.68 Å². The molecule has 10 heteroatoms. The van der Waals surface area contributed by atoms with E-state index in [1.807, 2.05) is 24.3 Å². The Kier molecular flexibility index (Phi) is 19.3. The Morgan fingerprint density at radius 2 is 0.545 bits per heavy atom. The van der Waals surface area contributed by atoms with Gasteiger partial charge in [0.1, 0.15) is 5.75 Å². The number of aromatic nitrogens is 4. The zero-order valence-electron chi connectivity index (χ0n) is 75.9. The maximum absolute atomic E-state index is 9.12. The molecular formula is C124H95BBrN6O2. The highest BCUT2D eigenvalue weighted by atomic mass is 79.9. The summed E-state index contributed by atoms with van der Waals surface area (Å²) >= 11 is 3.65. The van der Waals surface area contributed by atoms with Crippen LogP contribution in [0.4, 0.5) is 34.1 Å². The first-order chi connectivity index (χ1) is 65.4. The highest BCUT2D eigenvalue weighted by Gasteiger charge is 2.41. The van der Waals surface area contributed by atoms with E-state index in [-0.39, 0.29) is 21.7 Å². The van der Waals surface area contributed by atoms with Crippen LogP contribution in [-0.2, 0) is 21.7 Å². The zero-order chi connectivity index (χ0) is 90.6. The number of hydrogen-bond donors (Lipinski definition) is 1. The molecule has 18 aromatic carbocycles. The summed E-state index contributed by atoms with van der Waals surface area (Å²) in [5.41, 5.74) is 42.1. The van der Waals surface area contributed by atoms with E-state index in [0.29, 0.717) is 13.4 Å². The number of nitrogens with zero attached hydrogens (tertiary/aromatic N) is 6. The first-order valence-electron chi connectivity index (χ1n) is 46.3. The molecule has 1 N–H and O–H groups in total. The molecule has 0 atom stereocenters. The van der Waals surface area contributed by atoms with Crippen molar-refractivity contribution in [3.8, 4) is 84.1 Å². The lowest BCUT2D eigenvalue weighted by molar-refractivity contribution is 0.454. The van der Waals surface area contributed by atoms with Crippen LogP contribution in [-0.4, -0.2) is 31.0 Å². The van der Waals surface area contributed by atoms with Crippen LogP contribution in [0.25, 0.3) is 144 Å². The van der Waals surface area contributed by atoms with E-state index in [2.05, 4.69) is 500 Å². The first kappa shape index (κ1) is 81.8. The Morgan fingerprint density at radius 1 is 0.246 bits per heavy atom. The van der Waals surface area contributed by atoms with Crippen LogP contribution in [0.5, 0.6) is 5.75 Å². The molecule has 4 aliphatic carbocycles. The second-order valence-electron chi connectivity index (χ2n) is 38.1. The van der Waals surface area contributed by atoms with Gasteiger partial charge in [0.05, 0.1) is 33.1 Å². The summed E-state index contributed by atoms with van der Waals surface area (Å²) in [6.07, 6.45) is 4.37. The van der Waals surface area contributed by atoms with Crippen molar-refractivity contribution in [3.05, 3.63) is 474 Å². The monoisotopic (exact) mass is 1790 g/mol. The second kappa shape index (κ2) is 31.7. The fourth-order valence-electron chi connectivity index (χ4n) is 22.7. The molecule has 0 aliphatic heterocycles. The van der Waals surface area contributed by atoms with E-state index in [0.717, 1.165) is 50.0 Å². The van der Waals surface area contributed by atoms with Crippen LogP contribution < -0.4 is 14.5 Å². The Bertz CT molecular complexity index is 8240. The van der Waals surface area contributed by atoms with Gasteiger partial charge in [-0.2, -0.15) is 0 Å². The fourth-order valence-corrected chi connectivity index (χ4v) is 23.0. The number of anilines is 6. The van der Waals surface area contributed by atoms with Gasteiger partial charge in [-0.1, -0.05) is 296 Å². The number of para-hydroxylation sites is 4. The molecule has 26 rings (SSSR count). The third-order valence-electron chi connectivity index (χ3n) is 29.3. The van der Waals surface area contributed by atoms with Crippen LogP contribution in [0.3, 0.4) is 0 Å². The van der Waals surface area contributed by atoms with Crippen molar-refractivity contribution in [2.24, 2.45) is 0 Å². The molecule has 8 nitrogen and oxygen atoms in total. The summed E-state index contributed by atoms with van der Waals surface area (Å²) in [6, 6.07) is 150. The van der Waals surface area contributed by atoms with Gasteiger partial charge in [-0.15, -0.1) is 0 Å². The van der Waals surface area contributed by atoms with Gasteiger partial charge in [0.15, 0.2) is 0 Å². The summed E-state index contributed by atoms with van der Waals surface area (Å²) in [6.45, 7) is 18.7. The standard InChI is InChI=1S/C62H47N3.C36H31BNO2.C26H17BrN2/c1-61(2)54-21-13-11-19-47(54)49-30-28-45(38-56(49)61)64(46-29-31-50-48-20-12-14-22-55(48)62(3,4)57(50)39-46)44-26-23-40(24-27-44)41-25-33-59-53(37-41)51-32-34-58-52(35-36-63(58)42-15-7-5-8-16-42)60(51)65(59)43-17-9-6-10-18-43;1-35(2)31-11-7-5-9-27(31)29-19-15-24(21-33(29)35)38(23-13-17-26(18-14-23)40-37-39)25-16-20-30-28-10-6-8-12-32(28)36(3,4)34(30)22-25;27-18-11-13-25-23(17-18)21-12-14-24-22(15-16-28(24)19-7-3-1-4-8-19)26(21)29(25)20-9-5-2-6-10-20/h5-39H,1-4H3;5-22,39H,1-4H3;1-17H. The lowest BCUT2D eigenvalue weighted by atomic mass is 9.82.